The highest BCUT2D eigenvalue weighted by Crippen LogP contribution is 2.27. The molecule has 2 aromatic rings. The van der Waals surface area contributed by atoms with Crippen molar-refractivity contribution in [1.29, 1.82) is 0 Å². The first-order valence-electron chi connectivity index (χ1n) is 8.14. The quantitative estimate of drug-likeness (QED) is 0.813. The van der Waals surface area contributed by atoms with Crippen LogP contribution in [-0.2, 0) is 4.79 Å². The SMILES string of the molecule is COc1ccccc1NCC(=O)N1C[C@@H](N)[C@H](c2ccccc2)C1.Cl.Cl. The Bertz CT molecular complexity index is 700. The summed E-state index contributed by atoms with van der Waals surface area (Å²) in [6, 6.07) is 17.7. The molecule has 2 aromatic carbocycles. The van der Waals surface area contributed by atoms with E-state index in [0.717, 1.165) is 11.4 Å². The van der Waals surface area contributed by atoms with Gasteiger partial charge in [0.1, 0.15) is 5.75 Å². The molecule has 7 heteroatoms. The molecule has 0 radical (unpaired) electrons. The molecule has 1 heterocycles. The Morgan fingerprint density at radius 1 is 1.12 bits per heavy atom. The average molecular weight is 398 g/mol. The molecule has 0 aliphatic carbocycles. The van der Waals surface area contributed by atoms with Crippen LogP contribution in [0, 0.1) is 0 Å². The van der Waals surface area contributed by atoms with Crippen molar-refractivity contribution in [2.24, 2.45) is 5.73 Å². The van der Waals surface area contributed by atoms with E-state index < -0.39 is 0 Å². The van der Waals surface area contributed by atoms with Gasteiger partial charge in [-0.25, -0.2) is 0 Å². The Kier molecular flexibility index (Phi) is 8.72. The normalized spacial score (nSPS) is 18.5. The van der Waals surface area contributed by atoms with Crippen LogP contribution in [0.1, 0.15) is 11.5 Å². The van der Waals surface area contributed by atoms with Crippen LogP contribution in [0.15, 0.2) is 54.6 Å². The number of likely N-dealkylation sites (tertiary alicyclic amines) is 1. The Balaban J connectivity index is 0.00000169. The number of rotatable bonds is 5. The lowest BCUT2D eigenvalue weighted by molar-refractivity contribution is -0.128. The predicted octanol–water partition coefficient (Wildman–Crippen LogP) is 2.90. The summed E-state index contributed by atoms with van der Waals surface area (Å²) >= 11 is 0. The zero-order chi connectivity index (χ0) is 16.9. The van der Waals surface area contributed by atoms with Gasteiger partial charge in [0.15, 0.2) is 0 Å². The van der Waals surface area contributed by atoms with Crippen LogP contribution in [0.4, 0.5) is 5.69 Å². The van der Waals surface area contributed by atoms with Gasteiger partial charge in [-0.3, -0.25) is 4.79 Å². The van der Waals surface area contributed by atoms with Crippen molar-refractivity contribution in [2.75, 3.05) is 32.1 Å². The van der Waals surface area contributed by atoms with Gasteiger partial charge in [0, 0.05) is 25.0 Å². The number of ether oxygens (including phenoxy) is 1. The largest absolute Gasteiger partial charge is 0.495 e. The van der Waals surface area contributed by atoms with Gasteiger partial charge < -0.3 is 20.7 Å². The molecule has 2 atom stereocenters. The lowest BCUT2D eigenvalue weighted by Crippen LogP contribution is -2.35. The van der Waals surface area contributed by atoms with Crippen molar-refractivity contribution in [3.63, 3.8) is 0 Å². The van der Waals surface area contributed by atoms with Crippen LogP contribution in [-0.4, -0.2) is 43.6 Å². The van der Waals surface area contributed by atoms with E-state index in [1.54, 1.807) is 7.11 Å². The van der Waals surface area contributed by atoms with Crippen molar-refractivity contribution in [1.82, 2.24) is 4.90 Å². The number of amides is 1. The fraction of sp³-hybridized carbons (Fsp3) is 0.316. The number of halogens is 2. The molecule has 5 nitrogen and oxygen atoms in total. The van der Waals surface area contributed by atoms with Crippen LogP contribution < -0.4 is 15.8 Å². The Hall–Kier alpha value is -1.95. The second-order valence-corrected chi connectivity index (χ2v) is 6.03. The van der Waals surface area contributed by atoms with E-state index in [-0.39, 0.29) is 49.2 Å². The maximum absolute atomic E-state index is 12.5. The second-order valence-electron chi connectivity index (χ2n) is 6.03. The van der Waals surface area contributed by atoms with Crippen molar-refractivity contribution in [2.45, 2.75) is 12.0 Å². The maximum atomic E-state index is 12.5. The van der Waals surface area contributed by atoms with E-state index in [2.05, 4.69) is 17.4 Å². The molecular weight excluding hydrogens is 373 g/mol. The molecule has 0 spiro atoms. The minimum atomic E-state index is -0.0254. The summed E-state index contributed by atoms with van der Waals surface area (Å²) in [5.41, 5.74) is 8.27. The summed E-state index contributed by atoms with van der Waals surface area (Å²) in [4.78, 5) is 14.3. The summed E-state index contributed by atoms with van der Waals surface area (Å²) in [5.74, 6) is 0.974. The third-order valence-corrected chi connectivity index (χ3v) is 4.48. The molecule has 26 heavy (non-hydrogen) atoms. The topological polar surface area (TPSA) is 67.6 Å². The van der Waals surface area contributed by atoms with E-state index in [1.165, 1.54) is 5.56 Å². The maximum Gasteiger partial charge on any atom is 0.241 e. The number of nitrogens with one attached hydrogen (secondary N) is 1. The first-order chi connectivity index (χ1) is 11.7. The van der Waals surface area contributed by atoms with Gasteiger partial charge in [-0.1, -0.05) is 42.5 Å². The van der Waals surface area contributed by atoms with E-state index in [9.17, 15) is 4.79 Å². The van der Waals surface area contributed by atoms with Crippen molar-refractivity contribution >= 4 is 36.4 Å². The van der Waals surface area contributed by atoms with E-state index in [1.807, 2.05) is 47.4 Å². The number of nitrogens with two attached hydrogens (primary N) is 1. The fourth-order valence-electron chi connectivity index (χ4n) is 3.16. The van der Waals surface area contributed by atoms with E-state index in [0.29, 0.717) is 13.1 Å². The molecule has 1 saturated heterocycles. The molecule has 0 bridgehead atoms. The fourth-order valence-corrected chi connectivity index (χ4v) is 3.16. The van der Waals surface area contributed by atoms with E-state index in [4.69, 9.17) is 10.5 Å². The molecular formula is C19H25Cl2N3O2. The smallest absolute Gasteiger partial charge is 0.241 e. The highest BCUT2D eigenvalue weighted by atomic mass is 35.5. The van der Waals surface area contributed by atoms with Crippen LogP contribution in [0.3, 0.4) is 0 Å². The van der Waals surface area contributed by atoms with Crippen molar-refractivity contribution < 1.29 is 9.53 Å². The van der Waals surface area contributed by atoms with Crippen LogP contribution in [0.2, 0.25) is 0 Å². The number of hydrogen-bond donors (Lipinski definition) is 2. The number of hydrogen-bond acceptors (Lipinski definition) is 4. The first kappa shape index (κ1) is 22.1. The standard InChI is InChI=1S/C19H23N3O2.2ClH/c1-24-18-10-6-5-9-17(18)21-11-19(23)22-12-15(16(20)13-22)14-7-3-2-4-8-14;;/h2-10,15-16,21H,11-13,20H2,1H3;2*1H/t15-,16+;;/m0../s1. The molecule has 3 rings (SSSR count). The summed E-state index contributed by atoms with van der Waals surface area (Å²) in [6.07, 6.45) is 0. The minimum Gasteiger partial charge on any atom is -0.495 e. The minimum absolute atomic E-state index is 0. The highest BCUT2D eigenvalue weighted by Gasteiger charge is 2.33. The molecule has 1 aliphatic rings. The third-order valence-electron chi connectivity index (χ3n) is 4.48. The lowest BCUT2D eigenvalue weighted by atomic mass is 9.95. The van der Waals surface area contributed by atoms with E-state index >= 15 is 0 Å². The lowest BCUT2D eigenvalue weighted by Gasteiger charge is -2.18. The number of para-hydroxylation sites is 2. The molecule has 1 amide bonds. The number of anilines is 1. The monoisotopic (exact) mass is 397 g/mol. The molecule has 1 fully saturated rings. The third kappa shape index (κ3) is 5.04. The summed E-state index contributed by atoms with van der Waals surface area (Å²) in [5, 5.41) is 3.15. The van der Waals surface area contributed by atoms with Crippen molar-refractivity contribution in [3.8, 4) is 5.75 Å². The molecule has 0 aromatic heterocycles. The second kappa shape index (κ2) is 10.3. The molecule has 1 aliphatic heterocycles. The summed E-state index contributed by atoms with van der Waals surface area (Å²) in [7, 11) is 1.62. The first-order valence-corrected chi connectivity index (χ1v) is 8.14. The van der Waals surface area contributed by atoms with Gasteiger partial charge in [0.05, 0.1) is 19.3 Å². The zero-order valence-electron chi connectivity index (χ0n) is 14.6. The van der Waals surface area contributed by atoms with Crippen LogP contribution in [0.5, 0.6) is 5.75 Å². The van der Waals surface area contributed by atoms with Crippen LogP contribution in [0.25, 0.3) is 0 Å². The molecule has 3 N–H and O–H groups in total. The summed E-state index contributed by atoms with van der Waals surface area (Å²) < 4.78 is 5.29. The molecule has 0 saturated carbocycles. The van der Waals surface area contributed by atoms with Gasteiger partial charge in [-0.2, -0.15) is 0 Å². The van der Waals surface area contributed by atoms with Gasteiger partial charge in [0.25, 0.3) is 0 Å². The Morgan fingerprint density at radius 2 is 1.77 bits per heavy atom. The Morgan fingerprint density at radius 3 is 2.46 bits per heavy atom. The predicted molar refractivity (Wildman–Crippen MR) is 110 cm³/mol. The number of carbonyl (C=O) groups excluding carboxylic acids is 1. The van der Waals surface area contributed by atoms with Crippen LogP contribution >= 0.6 is 24.8 Å². The zero-order valence-corrected chi connectivity index (χ0v) is 16.3. The van der Waals surface area contributed by atoms with Gasteiger partial charge in [0.2, 0.25) is 5.91 Å². The highest BCUT2D eigenvalue weighted by molar-refractivity contribution is 5.85. The summed E-state index contributed by atoms with van der Waals surface area (Å²) in [6.45, 7) is 1.48. The Labute approximate surface area is 166 Å². The average Bonchev–Trinajstić information content (AvgIpc) is 3.02. The number of benzene rings is 2. The molecule has 0 unspecified atom stereocenters. The number of methoxy groups -OCH3 is 1. The van der Waals surface area contributed by atoms with Gasteiger partial charge >= 0.3 is 0 Å². The number of carbonyl (C=O) groups is 1. The van der Waals surface area contributed by atoms with Gasteiger partial charge in [-0.15, -0.1) is 24.8 Å². The number of nitrogens with zero attached hydrogens (tertiary/aromatic N) is 1. The van der Waals surface area contributed by atoms with Gasteiger partial charge in [-0.05, 0) is 17.7 Å². The molecule has 142 valence electrons. The van der Waals surface area contributed by atoms with Crippen molar-refractivity contribution in [3.05, 3.63) is 60.2 Å².